The number of aliphatic hydroxyl groups excluding tert-OH is 1. The average molecular weight is 293 g/mol. The predicted molar refractivity (Wildman–Crippen MR) is 67.0 cm³/mol. The Labute approximate surface area is 111 Å². The van der Waals surface area contributed by atoms with E-state index in [4.69, 9.17) is 5.11 Å². The SMILES string of the molecule is CCCCN(C)S(=O)(=O)c1cc(CO)cc(F)c1F. The zero-order chi connectivity index (χ0) is 14.6. The van der Waals surface area contributed by atoms with Crippen molar-refractivity contribution in [3.8, 4) is 0 Å². The average Bonchev–Trinajstić information content (AvgIpc) is 2.38. The molecule has 108 valence electrons. The molecule has 0 aromatic heterocycles. The summed E-state index contributed by atoms with van der Waals surface area (Å²) < 4.78 is 52.2. The summed E-state index contributed by atoms with van der Waals surface area (Å²) in [6.45, 7) is 1.56. The minimum absolute atomic E-state index is 0.0152. The molecule has 0 bridgehead atoms. The molecule has 1 rings (SSSR count). The van der Waals surface area contributed by atoms with Crippen LogP contribution in [0, 0.1) is 11.6 Å². The van der Waals surface area contributed by atoms with Gasteiger partial charge in [-0.25, -0.2) is 21.5 Å². The Morgan fingerprint density at radius 3 is 2.47 bits per heavy atom. The number of aliphatic hydroxyl groups is 1. The van der Waals surface area contributed by atoms with Crippen molar-refractivity contribution in [3.63, 3.8) is 0 Å². The second-order valence-electron chi connectivity index (χ2n) is 4.23. The van der Waals surface area contributed by atoms with E-state index < -0.39 is 33.2 Å². The van der Waals surface area contributed by atoms with Gasteiger partial charge in [-0.05, 0) is 24.1 Å². The highest BCUT2D eigenvalue weighted by Gasteiger charge is 2.26. The monoisotopic (exact) mass is 293 g/mol. The van der Waals surface area contributed by atoms with Crippen LogP contribution in [0.15, 0.2) is 17.0 Å². The number of hydrogen-bond acceptors (Lipinski definition) is 3. The Hall–Kier alpha value is -1.05. The minimum Gasteiger partial charge on any atom is -0.392 e. The lowest BCUT2D eigenvalue weighted by molar-refractivity contribution is 0.280. The first-order valence-electron chi connectivity index (χ1n) is 5.89. The maximum Gasteiger partial charge on any atom is 0.245 e. The molecule has 1 N–H and O–H groups in total. The standard InChI is InChI=1S/C12H17F2NO3S/c1-3-4-5-15(2)19(17,18)11-7-9(8-16)6-10(13)12(11)14/h6-7,16H,3-5,8H2,1-2H3. The van der Waals surface area contributed by atoms with Gasteiger partial charge in [-0.1, -0.05) is 13.3 Å². The Morgan fingerprint density at radius 2 is 1.95 bits per heavy atom. The first-order valence-corrected chi connectivity index (χ1v) is 7.33. The van der Waals surface area contributed by atoms with E-state index in [1.54, 1.807) is 0 Å². The van der Waals surface area contributed by atoms with Crippen LogP contribution in [0.1, 0.15) is 25.3 Å². The molecule has 0 spiro atoms. The van der Waals surface area contributed by atoms with Gasteiger partial charge in [0.05, 0.1) is 6.61 Å². The van der Waals surface area contributed by atoms with E-state index in [0.29, 0.717) is 6.42 Å². The molecule has 0 fully saturated rings. The molecule has 0 atom stereocenters. The van der Waals surface area contributed by atoms with Gasteiger partial charge in [-0.2, -0.15) is 0 Å². The maximum atomic E-state index is 13.6. The number of hydrogen-bond donors (Lipinski definition) is 1. The van der Waals surface area contributed by atoms with Gasteiger partial charge in [0.15, 0.2) is 11.6 Å². The number of nitrogens with zero attached hydrogens (tertiary/aromatic N) is 1. The molecular formula is C12H17F2NO3S. The fourth-order valence-corrected chi connectivity index (χ4v) is 2.89. The van der Waals surface area contributed by atoms with Crippen LogP contribution >= 0.6 is 0 Å². The lowest BCUT2D eigenvalue weighted by Gasteiger charge is -2.17. The zero-order valence-electron chi connectivity index (χ0n) is 10.9. The second kappa shape index (κ2) is 6.40. The van der Waals surface area contributed by atoms with Crippen LogP contribution in [-0.2, 0) is 16.6 Å². The van der Waals surface area contributed by atoms with E-state index >= 15 is 0 Å². The summed E-state index contributed by atoms with van der Waals surface area (Å²) in [7, 11) is -2.78. The van der Waals surface area contributed by atoms with Gasteiger partial charge in [0.25, 0.3) is 0 Å². The zero-order valence-corrected chi connectivity index (χ0v) is 11.7. The largest absolute Gasteiger partial charge is 0.392 e. The Morgan fingerprint density at radius 1 is 1.32 bits per heavy atom. The lowest BCUT2D eigenvalue weighted by atomic mass is 10.2. The summed E-state index contributed by atoms with van der Waals surface area (Å²) in [5, 5.41) is 8.93. The molecule has 4 nitrogen and oxygen atoms in total. The Kier molecular flexibility index (Phi) is 5.39. The number of benzene rings is 1. The fourth-order valence-electron chi connectivity index (χ4n) is 1.57. The van der Waals surface area contributed by atoms with Gasteiger partial charge in [0.2, 0.25) is 10.0 Å². The van der Waals surface area contributed by atoms with Crippen LogP contribution in [0.4, 0.5) is 8.78 Å². The topological polar surface area (TPSA) is 57.6 Å². The number of sulfonamides is 1. The molecule has 0 saturated heterocycles. The molecule has 7 heteroatoms. The highest BCUT2D eigenvalue weighted by atomic mass is 32.2. The molecule has 0 aliphatic heterocycles. The Bertz CT molecular complexity index is 546. The van der Waals surface area contributed by atoms with Crippen LogP contribution in [-0.4, -0.2) is 31.4 Å². The van der Waals surface area contributed by atoms with Crippen molar-refractivity contribution in [2.24, 2.45) is 0 Å². The molecular weight excluding hydrogens is 276 g/mol. The Balaban J connectivity index is 3.24. The molecule has 0 saturated carbocycles. The van der Waals surface area contributed by atoms with Gasteiger partial charge >= 0.3 is 0 Å². The molecule has 19 heavy (non-hydrogen) atoms. The van der Waals surface area contributed by atoms with Crippen molar-refractivity contribution in [3.05, 3.63) is 29.3 Å². The molecule has 0 amide bonds. The maximum absolute atomic E-state index is 13.6. The molecule has 0 unspecified atom stereocenters. The van der Waals surface area contributed by atoms with E-state index in [1.807, 2.05) is 6.92 Å². The van der Waals surface area contributed by atoms with Crippen molar-refractivity contribution in [1.82, 2.24) is 4.31 Å². The third-order valence-electron chi connectivity index (χ3n) is 2.75. The van der Waals surface area contributed by atoms with E-state index in [-0.39, 0.29) is 12.1 Å². The number of unbranched alkanes of at least 4 members (excludes halogenated alkanes) is 1. The highest BCUT2D eigenvalue weighted by Crippen LogP contribution is 2.23. The summed E-state index contributed by atoms with van der Waals surface area (Å²) in [5.74, 6) is -2.70. The minimum atomic E-state index is -4.09. The van der Waals surface area contributed by atoms with Crippen LogP contribution in [0.5, 0.6) is 0 Å². The van der Waals surface area contributed by atoms with E-state index in [0.717, 1.165) is 22.9 Å². The number of halogens is 2. The quantitative estimate of drug-likeness (QED) is 0.871. The smallest absolute Gasteiger partial charge is 0.245 e. The van der Waals surface area contributed by atoms with Crippen LogP contribution < -0.4 is 0 Å². The van der Waals surface area contributed by atoms with E-state index in [1.165, 1.54) is 7.05 Å². The van der Waals surface area contributed by atoms with Crippen molar-refractivity contribution in [1.29, 1.82) is 0 Å². The van der Waals surface area contributed by atoms with Crippen LogP contribution in [0.25, 0.3) is 0 Å². The third kappa shape index (κ3) is 3.49. The van der Waals surface area contributed by atoms with E-state index in [9.17, 15) is 17.2 Å². The summed E-state index contributed by atoms with van der Waals surface area (Å²) in [6, 6.07) is 1.73. The summed E-state index contributed by atoms with van der Waals surface area (Å²) in [5.41, 5.74) is 0.0152. The fraction of sp³-hybridized carbons (Fsp3) is 0.500. The van der Waals surface area contributed by atoms with Gasteiger partial charge < -0.3 is 5.11 Å². The molecule has 0 aliphatic rings. The van der Waals surface area contributed by atoms with Crippen molar-refractivity contribution in [2.45, 2.75) is 31.3 Å². The first-order chi connectivity index (χ1) is 8.84. The number of rotatable bonds is 6. The van der Waals surface area contributed by atoms with Gasteiger partial charge in [0, 0.05) is 13.6 Å². The molecule has 0 heterocycles. The van der Waals surface area contributed by atoms with Crippen molar-refractivity contribution < 1.29 is 22.3 Å². The predicted octanol–water partition coefficient (Wildman–Crippen LogP) is 1.88. The summed E-state index contributed by atoms with van der Waals surface area (Å²) >= 11 is 0. The summed E-state index contributed by atoms with van der Waals surface area (Å²) in [6.07, 6.45) is 1.41. The normalized spacial score (nSPS) is 12.1. The molecule has 0 radical (unpaired) electrons. The highest BCUT2D eigenvalue weighted by molar-refractivity contribution is 7.89. The van der Waals surface area contributed by atoms with Crippen LogP contribution in [0.2, 0.25) is 0 Å². The van der Waals surface area contributed by atoms with Crippen molar-refractivity contribution >= 4 is 10.0 Å². The molecule has 0 aliphatic carbocycles. The van der Waals surface area contributed by atoms with Gasteiger partial charge in [-0.15, -0.1) is 0 Å². The van der Waals surface area contributed by atoms with Gasteiger partial charge in [-0.3, -0.25) is 0 Å². The second-order valence-corrected chi connectivity index (χ2v) is 6.24. The van der Waals surface area contributed by atoms with Crippen LogP contribution in [0.3, 0.4) is 0 Å². The van der Waals surface area contributed by atoms with Crippen molar-refractivity contribution in [2.75, 3.05) is 13.6 Å². The first kappa shape index (κ1) is 16.0. The third-order valence-corrected chi connectivity index (χ3v) is 4.61. The molecule has 1 aromatic carbocycles. The summed E-state index contributed by atoms with van der Waals surface area (Å²) in [4.78, 5) is -0.741. The van der Waals surface area contributed by atoms with Gasteiger partial charge in [0.1, 0.15) is 4.90 Å². The van der Waals surface area contributed by atoms with E-state index in [2.05, 4.69) is 0 Å². The lowest BCUT2D eigenvalue weighted by Crippen LogP contribution is -2.29. The molecule has 1 aromatic rings.